The van der Waals surface area contributed by atoms with Crippen LogP contribution in [0.5, 0.6) is 5.75 Å². The molecule has 0 radical (unpaired) electrons. The molecular formula is C25H19N5O4S2. The fraction of sp³-hybridized carbons (Fsp3) is 0.120. The van der Waals surface area contributed by atoms with Crippen molar-refractivity contribution in [2.24, 2.45) is 0 Å². The molecule has 0 saturated carbocycles. The Balaban J connectivity index is 1.47. The van der Waals surface area contributed by atoms with Crippen LogP contribution in [0.2, 0.25) is 0 Å². The van der Waals surface area contributed by atoms with Gasteiger partial charge in [0.15, 0.2) is 5.13 Å². The molecule has 4 aromatic rings. The molecule has 1 N–H and O–H groups in total. The number of thioether (sulfide) groups is 1. The van der Waals surface area contributed by atoms with Crippen molar-refractivity contribution in [3.63, 3.8) is 0 Å². The van der Waals surface area contributed by atoms with Crippen LogP contribution in [0.1, 0.15) is 12.5 Å². The molecule has 180 valence electrons. The topological polar surface area (TPSA) is 131 Å². The smallest absolute Gasteiger partial charge is 0.270 e. The zero-order valence-corrected chi connectivity index (χ0v) is 20.8. The zero-order valence-electron chi connectivity index (χ0n) is 19.2. The highest BCUT2D eigenvalue weighted by Gasteiger charge is 2.20. The average molecular weight is 518 g/mol. The minimum Gasteiger partial charge on any atom is -0.497 e. The highest BCUT2D eigenvalue weighted by Crippen LogP contribution is 2.31. The first kappa shape index (κ1) is 24.8. The molecule has 0 aliphatic rings. The van der Waals surface area contributed by atoms with Gasteiger partial charge in [-0.25, -0.2) is 9.97 Å². The Morgan fingerprint density at radius 3 is 2.61 bits per heavy atom. The van der Waals surface area contributed by atoms with Crippen LogP contribution < -0.4 is 10.1 Å². The van der Waals surface area contributed by atoms with Gasteiger partial charge >= 0.3 is 0 Å². The van der Waals surface area contributed by atoms with Crippen LogP contribution in [-0.4, -0.2) is 33.2 Å². The number of carbonyl (C=O) groups excluding carboxylic acids is 1. The third-order valence-electron chi connectivity index (χ3n) is 5.11. The molecule has 2 aromatic heterocycles. The highest BCUT2D eigenvalue weighted by molar-refractivity contribution is 8.00. The van der Waals surface area contributed by atoms with E-state index in [1.807, 2.05) is 24.3 Å². The van der Waals surface area contributed by atoms with Gasteiger partial charge in [-0.3, -0.25) is 14.9 Å². The largest absolute Gasteiger partial charge is 0.497 e. The summed E-state index contributed by atoms with van der Waals surface area (Å²) in [5, 5.41) is 25.3. The maximum Gasteiger partial charge on any atom is 0.270 e. The van der Waals surface area contributed by atoms with Crippen LogP contribution in [0, 0.1) is 21.4 Å². The molecule has 4 rings (SSSR count). The van der Waals surface area contributed by atoms with E-state index in [0.29, 0.717) is 32.7 Å². The SMILES string of the molecule is COc1ccc(-c2ccc(C#N)c(SC(C)C(=O)Nc3nc(-c4cccc([N+](=O)[O-])c4)cs3)n2)cc1. The van der Waals surface area contributed by atoms with Gasteiger partial charge < -0.3 is 10.1 Å². The Morgan fingerprint density at radius 1 is 1.14 bits per heavy atom. The second-order valence-corrected chi connectivity index (χ2v) is 9.67. The van der Waals surface area contributed by atoms with Crippen LogP contribution in [0.3, 0.4) is 0 Å². The lowest BCUT2D eigenvalue weighted by Crippen LogP contribution is -2.22. The molecule has 0 spiro atoms. The van der Waals surface area contributed by atoms with Crippen molar-refractivity contribution in [1.29, 1.82) is 5.26 Å². The molecule has 2 heterocycles. The summed E-state index contributed by atoms with van der Waals surface area (Å²) in [7, 11) is 1.59. The predicted octanol–water partition coefficient (Wildman–Crippen LogP) is 5.78. The van der Waals surface area contributed by atoms with Crippen molar-refractivity contribution in [2.45, 2.75) is 17.2 Å². The number of rotatable bonds is 8. The quantitative estimate of drug-likeness (QED) is 0.177. The van der Waals surface area contributed by atoms with Crippen molar-refractivity contribution in [1.82, 2.24) is 9.97 Å². The molecule has 0 aliphatic carbocycles. The fourth-order valence-corrected chi connectivity index (χ4v) is 4.82. The number of methoxy groups -OCH3 is 1. The summed E-state index contributed by atoms with van der Waals surface area (Å²) in [6, 6.07) is 19.1. The van der Waals surface area contributed by atoms with Crippen molar-refractivity contribution in [3.8, 4) is 34.3 Å². The summed E-state index contributed by atoms with van der Waals surface area (Å²) in [6.07, 6.45) is 0. The molecule has 2 aromatic carbocycles. The molecular weight excluding hydrogens is 498 g/mol. The number of hydrogen-bond donors (Lipinski definition) is 1. The Hall–Kier alpha value is -4.27. The van der Waals surface area contributed by atoms with Crippen LogP contribution in [0.25, 0.3) is 22.5 Å². The van der Waals surface area contributed by atoms with Gasteiger partial charge in [-0.15, -0.1) is 11.3 Å². The van der Waals surface area contributed by atoms with Crippen molar-refractivity contribution >= 4 is 39.8 Å². The van der Waals surface area contributed by atoms with Gasteiger partial charge in [-0.05, 0) is 43.3 Å². The first-order valence-corrected chi connectivity index (χ1v) is 12.4. The number of thiazole rings is 1. The standard InChI is InChI=1S/C25H19N5O4S2/c1-15(23(31)29-25-28-22(14-35-25)17-4-3-5-19(12-17)30(32)33)36-24-18(13-26)8-11-21(27-24)16-6-9-20(34-2)10-7-16/h3-12,14-15H,1-2H3,(H,28,29,31). The lowest BCUT2D eigenvalue weighted by Gasteiger charge is -2.12. The van der Waals surface area contributed by atoms with Gasteiger partial charge in [0.25, 0.3) is 5.69 Å². The van der Waals surface area contributed by atoms with Crippen LogP contribution in [0.4, 0.5) is 10.8 Å². The summed E-state index contributed by atoms with van der Waals surface area (Å²) in [5.41, 5.74) is 2.98. The van der Waals surface area contributed by atoms with Crippen molar-refractivity contribution in [3.05, 3.63) is 81.7 Å². The molecule has 0 fully saturated rings. The van der Waals surface area contributed by atoms with Gasteiger partial charge in [0.2, 0.25) is 5.91 Å². The number of hydrogen-bond acceptors (Lipinski definition) is 9. The van der Waals surface area contributed by atoms with E-state index in [2.05, 4.69) is 21.4 Å². The minimum absolute atomic E-state index is 0.0335. The van der Waals surface area contributed by atoms with E-state index < -0.39 is 10.2 Å². The first-order valence-electron chi connectivity index (χ1n) is 10.6. The molecule has 0 bridgehead atoms. The normalized spacial score (nSPS) is 11.4. The van der Waals surface area contributed by atoms with Crippen LogP contribution in [-0.2, 0) is 4.79 Å². The first-order chi connectivity index (χ1) is 17.4. The van der Waals surface area contributed by atoms with Crippen molar-refractivity contribution in [2.75, 3.05) is 12.4 Å². The minimum atomic E-state index is -0.569. The Bertz CT molecular complexity index is 1460. The lowest BCUT2D eigenvalue weighted by molar-refractivity contribution is -0.384. The van der Waals surface area contributed by atoms with Crippen LogP contribution >= 0.6 is 23.1 Å². The summed E-state index contributed by atoms with van der Waals surface area (Å²) >= 11 is 2.40. The zero-order chi connectivity index (χ0) is 25.7. The number of carbonyl (C=O) groups is 1. The molecule has 36 heavy (non-hydrogen) atoms. The summed E-state index contributed by atoms with van der Waals surface area (Å²) in [6.45, 7) is 1.72. The van der Waals surface area contributed by atoms with E-state index in [0.717, 1.165) is 11.3 Å². The summed E-state index contributed by atoms with van der Waals surface area (Å²) < 4.78 is 5.19. The molecule has 11 heteroatoms. The van der Waals surface area contributed by atoms with E-state index in [4.69, 9.17) is 4.74 Å². The van der Waals surface area contributed by atoms with E-state index in [1.165, 1.54) is 35.2 Å². The number of amides is 1. The maximum atomic E-state index is 12.9. The molecule has 0 saturated heterocycles. The van der Waals surface area contributed by atoms with E-state index >= 15 is 0 Å². The Labute approximate surface area is 215 Å². The van der Waals surface area contributed by atoms with E-state index in [1.54, 1.807) is 43.7 Å². The number of nitriles is 1. The molecule has 1 atom stereocenters. The number of nitrogens with zero attached hydrogens (tertiary/aromatic N) is 4. The second-order valence-electron chi connectivity index (χ2n) is 7.48. The number of anilines is 1. The number of benzene rings is 2. The monoisotopic (exact) mass is 517 g/mol. The molecule has 9 nitrogen and oxygen atoms in total. The van der Waals surface area contributed by atoms with Gasteiger partial charge in [0, 0.05) is 28.6 Å². The number of nitrogens with one attached hydrogen (secondary N) is 1. The Morgan fingerprint density at radius 2 is 1.92 bits per heavy atom. The lowest BCUT2D eigenvalue weighted by atomic mass is 10.1. The third kappa shape index (κ3) is 5.68. The van der Waals surface area contributed by atoms with Gasteiger partial charge in [-0.1, -0.05) is 23.9 Å². The van der Waals surface area contributed by atoms with Crippen LogP contribution in [0.15, 0.2) is 71.1 Å². The number of aromatic nitrogens is 2. The Kier molecular flexibility index (Phi) is 7.58. The summed E-state index contributed by atoms with van der Waals surface area (Å²) in [4.78, 5) is 32.4. The maximum absolute atomic E-state index is 12.9. The highest BCUT2D eigenvalue weighted by atomic mass is 32.2. The molecule has 0 aliphatic heterocycles. The van der Waals surface area contributed by atoms with Crippen molar-refractivity contribution < 1.29 is 14.5 Å². The summed E-state index contributed by atoms with van der Waals surface area (Å²) in [5.74, 6) is 0.420. The second kappa shape index (κ2) is 11.0. The third-order valence-corrected chi connectivity index (χ3v) is 6.97. The van der Waals surface area contributed by atoms with E-state index in [9.17, 15) is 20.2 Å². The average Bonchev–Trinajstić information content (AvgIpc) is 3.37. The fourth-order valence-electron chi connectivity index (χ4n) is 3.21. The number of ether oxygens (including phenoxy) is 1. The predicted molar refractivity (Wildman–Crippen MR) is 139 cm³/mol. The number of non-ortho nitro benzene ring substituents is 1. The number of pyridine rings is 1. The molecule has 1 amide bonds. The van der Waals surface area contributed by atoms with Gasteiger partial charge in [-0.2, -0.15) is 5.26 Å². The van der Waals surface area contributed by atoms with Gasteiger partial charge in [0.1, 0.15) is 16.8 Å². The van der Waals surface area contributed by atoms with Gasteiger partial charge in [0.05, 0.1) is 34.2 Å². The number of nitro groups is 1. The van der Waals surface area contributed by atoms with E-state index in [-0.39, 0.29) is 11.6 Å². The molecule has 1 unspecified atom stereocenters. The number of nitro benzene ring substituents is 1.